The van der Waals surface area contributed by atoms with Crippen molar-refractivity contribution in [3.8, 4) is 0 Å². The number of nitrogens with zero attached hydrogens (tertiary/aromatic N) is 1. The third-order valence-electron chi connectivity index (χ3n) is 3.43. The van der Waals surface area contributed by atoms with Crippen molar-refractivity contribution < 1.29 is 22.7 Å². The van der Waals surface area contributed by atoms with E-state index in [1.54, 1.807) is 13.8 Å². The number of hydrogen-bond acceptors (Lipinski definition) is 7. The van der Waals surface area contributed by atoms with Gasteiger partial charge in [0.25, 0.3) is 10.7 Å². The quantitative estimate of drug-likeness (QED) is 0.605. The summed E-state index contributed by atoms with van der Waals surface area (Å²) >= 11 is 11.2. The van der Waals surface area contributed by atoms with E-state index in [1.165, 1.54) is 0 Å². The summed E-state index contributed by atoms with van der Waals surface area (Å²) in [5.41, 5.74) is -1.47. The first kappa shape index (κ1) is 18.2. The molecule has 1 aromatic heterocycles. The Labute approximate surface area is 146 Å². The Morgan fingerprint density at radius 1 is 1.58 bits per heavy atom. The van der Waals surface area contributed by atoms with Gasteiger partial charge >= 0.3 is 12.4 Å². The molecule has 0 bridgehead atoms. The lowest BCUT2D eigenvalue weighted by molar-refractivity contribution is -0.0657. The molecule has 0 aliphatic carbocycles. The van der Waals surface area contributed by atoms with Gasteiger partial charge in [-0.1, -0.05) is 11.6 Å². The highest BCUT2D eigenvalue weighted by Crippen LogP contribution is 2.61. The molecule has 0 aromatic carbocycles. The Kier molecular flexibility index (Phi) is 4.76. The highest BCUT2D eigenvalue weighted by Gasteiger charge is 2.62. The zero-order valence-corrected chi connectivity index (χ0v) is 15.1. The van der Waals surface area contributed by atoms with E-state index < -0.39 is 41.5 Å². The maximum Gasteiger partial charge on any atom is 0.330 e. The summed E-state index contributed by atoms with van der Waals surface area (Å²) in [6.07, 6.45) is -2.84. The van der Waals surface area contributed by atoms with Gasteiger partial charge in [-0.05, 0) is 25.7 Å². The van der Waals surface area contributed by atoms with Crippen LogP contribution in [0.1, 0.15) is 20.1 Å². The van der Waals surface area contributed by atoms with E-state index >= 15 is 4.39 Å². The topological polar surface area (TPSA) is 91.8 Å². The van der Waals surface area contributed by atoms with Gasteiger partial charge in [0, 0.05) is 12.3 Å². The molecule has 5 atom stereocenters. The highest BCUT2D eigenvalue weighted by atomic mass is 35.5. The first-order valence-electron chi connectivity index (χ1n) is 7.08. The van der Waals surface area contributed by atoms with Crippen molar-refractivity contribution in [3.63, 3.8) is 0 Å². The number of H-pyrrole nitrogens is 1. The predicted octanol–water partition coefficient (Wildman–Crippen LogP) is 1.40. The van der Waals surface area contributed by atoms with Crippen molar-refractivity contribution in [2.75, 3.05) is 6.61 Å². The predicted molar refractivity (Wildman–Crippen MR) is 86.3 cm³/mol. The van der Waals surface area contributed by atoms with Crippen LogP contribution in [0.2, 0.25) is 0 Å². The molecular weight excluding hydrogens is 386 g/mol. The van der Waals surface area contributed by atoms with Gasteiger partial charge in [0.05, 0.1) is 12.7 Å². The van der Waals surface area contributed by atoms with E-state index in [9.17, 15) is 9.59 Å². The Morgan fingerprint density at radius 3 is 2.92 bits per heavy atom. The van der Waals surface area contributed by atoms with E-state index in [2.05, 4.69) is 0 Å². The molecule has 2 aliphatic rings. The zero-order chi connectivity index (χ0) is 17.7. The lowest BCUT2D eigenvalue weighted by Crippen LogP contribution is -2.44. The monoisotopic (exact) mass is 400 g/mol. The molecule has 0 spiro atoms. The summed E-state index contributed by atoms with van der Waals surface area (Å²) in [7, 11) is 0. The number of ether oxygens (including phenoxy) is 1. The maximum atomic E-state index is 15.2. The van der Waals surface area contributed by atoms with Gasteiger partial charge in [-0.15, -0.1) is 0 Å². The fourth-order valence-corrected chi connectivity index (χ4v) is 5.46. The molecule has 0 radical (unpaired) electrons. The molecular formula is C12H15ClFN2O6PS. The van der Waals surface area contributed by atoms with Gasteiger partial charge in [-0.3, -0.25) is 18.9 Å². The standard InChI is InChI=1S/C12H15ClFN2O6PS/c1-6(2)21-23(24)19-5-7-9(22-23)12(13,14)10(20-7)16-4-3-8(17)15-11(16)18/h3-4,6-7,9-10H,5H2,1-2H3,(H,15,17,18)/t7-,9-,10-,12-,23+/m1/s1. The van der Waals surface area contributed by atoms with Gasteiger partial charge in [0.2, 0.25) is 0 Å². The minimum absolute atomic E-state index is 0.0817. The summed E-state index contributed by atoms with van der Waals surface area (Å²) in [5.74, 6) is 0. The van der Waals surface area contributed by atoms with E-state index in [-0.39, 0.29) is 12.7 Å². The molecule has 1 aromatic rings. The second kappa shape index (κ2) is 6.28. The van der Waals surface area contributed by atoms with Crippen LogP contribution >= 0.6 is 18.3 Å². The lowest BCUT2D eigenvalue weighted by Gasteiger charge is -2.35. The molecule has 1 N–H and O–H groups in total. The number of aromatic nitrogens is 2. The number of alkyl halides is 2. The molecule has 3 rings (SSSR count). The van der Waals surface area contributed by atoms with Gasteiger partial charge in [-0.2, -0.15) is 0 Å². The summed E-state index contributed by atoms with van der Waals surface area (Å²) in [6.45, 7) is 0.225. The second-order valence-electron chi connectivity index (χ2n) is 5.64. The van der Waals surface area contributed by atoms with Gasteiger partial charge < -0.3 is 13.8 Å². The van der Waals surface area contributed by atoms with E-state index in [0.717, 1.165) is 16.8 Å². The normalized spacial score (nSPS) is 39.1. The molecule has 0 amide bonds. The molecule has 0 unspecified atom stereocenters. The van der Waals surface area contributed by atoms with Crippen LogP contribution in [0.3, 0.4) is 0 Å². The molecule has 0 saturated carbocycles. The van der Waals surface area contributed by atoms with Crippen molar-refractivity contribution in [1.29, 1.82) is 0 Å². The smallest absolute Gasteiger partial charge is 0.330 e. The van der Waals surface area contributed by atoms with Crippen LogP contribution in [0.5, 0.6) is 0 Å². The van der Waals surface area contributed by atoms with E-state index in [0.29, 0.717) is 0 Å². The van der Waals surface area contributed by atoms with Crippen LogP contribution in [-0.2, 0) is 30.1 Å². The minimum atomic E-state index is -3.17. The first-order valence-corrected chi connectivity index (χ1v) is 10.0. The fourth-order valence-electron chi connectivity index (χ4n) is 2.49. The van der Waals surface area contributed by atoms with Crippen LogP contribution in [0.25, 0.3) is 0 Å². The molecule has 8 nitrogen and oxygen atoms in total. The number of rotatable bonds is 3. The second-order valence-corrected chi connectivity index (χ2v) is 9.14. The number of halogens is 2. The van der Waals surface area contributed by atoms with Gasteiger partial charge in [0.15, 0.2) is 6.23 Å². The van der Waals surface area contributed by atoms with E-state index in [4.69, 9.17) is 41.7 Å². The Morgan fingerprint density at radius 2 is 2.29 bits per heavy atom. The maximum absolute atomic E-state index is 15.2. The molecule has 2 saturated heterocycles. The molecule has 3 heterocycles. The number of fused-ring (bicyclic) bond motifs is 1. The average molecular weight is 401 g/mol. The molecule has 24 heavy (non-hydrogen) atoms. The third-order valence-corrected chi connectivity index (χ3v) is 6.30. The van der Waals surface area contributed by atoms with Crippen LogP contribution in [0.15, 0.2) is 21.9 Å². The summed E-state index contributed by atoms with van der Waals surface area (Å²) < 4.78 is 37.9. The molecule has 12 heteroatoms. The highest BCUT2D eigenvalue weighted by molar-refractivity contribution is 8.07. The largest absolute Gasteiger partial charge is 0.344 e. The fraction of sp³-hybridized carbons (Fsp3) is 0.667. The van der Waals surface area contributed by atoms with Gasteiger partial charge in [-0.25, -0.2) is 9.18 Å². The van der Waals surface area contributed by atoms with Crippen LogP contribution in [-0.4, -0.2) is 39.6 Å². The molecule has 134 valence electrons. The van der Waals surface area contributed by atoms with E-state index in [1.807, 2.05) is 4.98 Å². The Balaban J connectivity index is 1.91. The Bertz CT molecular complexity index is 798. The summed E-state index contributed by atoms with van der Waals surface area (Å²) in [4.78, 5) is 25.0. The Hall–Kier alpha value is -0.610. The minimum Gasteiger partial charge on any atom is -0.344 e. The van der Waals surface area contributed by atoms with Crippen molar-refractivity contribution in [2.45, 2.75) is 43.5 Å². The van der Waals surface area contributed by atoms with Crippen LogP contribution in [0, 0.1) is 0 Å². The van der Waals surface area contributed by atoms with Crippen molar-refractivity contribution in [3.05, 3.63) is 33.1 Å². The SMILES string of the molecule is CC(C)O[P@@]1(=S)OC[C@H]2O[C@@H](n3ccc(=O)[nH]c3=O)[C@@](F)(Cl)[C@@H]2O1. The summed E-state index contributed by atoms with van der Waals surface area (Å²) in [6, 6.07) is 1.06. The van der Waals surface area contributed by atoms with Crippen LogP contribution < -0.4 is 11.2 Å². The van der Waals surface area contributed by atoms with Crippen molar-refractivity contribution in [2.24, 2.45) is 0 Å². The van der Waals surface area contributed by atoms with Gasteiger partial charge in [0.1, 0.15) is 12.2 Å². The summed E-state index contributed by atoms with van der Waals surface area (Å²) in [5, 5.41) is -2.60. The average Bonchev–Trinajstić information content (AvgIpc) is 2.69. The number of hydrogen-bond donors (Lipinski definition) is 1. The molecule has 2 fully saturated rings. The first-order chi connectivity index (χ1) is 11.1. The van der Waals surface area contributed by atoms with Crippen LogP contribution in [0.4, 0.5) is 4.39 Å². The zero-order valence-electron chi connectivity index (χ0n) is 12.7. The third kappa shape index (κ3) is 3.24. The number of aromatic amines is 1. The number of nitrogens with one attached hydrogen (secondary N) is 1. The molecule has 2 aliphatic heterocycles. The lowest BCUT2D eigenvalue weighted by atomic mass is 10.1. The van der Waals surface area contributed by atoms with Crippen molar-refractivity contribution >= 4 is 30.1 Å². The van der Waals surface area contributed by atoms with Crippen molar-refractivity contribution in [1.82, 2.24) is 9.55 Å².